The Morgan fingerprint density at radius 1 is 0.760 bits per heavy atom. The van der Waals surface area contributed by atoms with Crippen LogP contribution in [0.4, 0.5) is 4.79 Å². The van der Waals surface area contributed by atoms with Crippen LogP contribution in [0.15, 0.2) is 91.0 Å². The van der Waals surface area contributed by atoms with Gasteiger partial charge in [0, 0.05) is 0 Å². The molecule has 3 aromatic rings. The summed E-state index contributed by atoms with van der Waals surface area (Å²) < 4.78 is 7.76. The molecule has 0 aliphatic carbocycles. The first-order chi connectivity index (χ1) is 12.2. The first-order valence-corrected chi connectivity index (χ1v) is 9.24. The van der Waals surface area contributed by atoms with Crippen molar-refractivity contribution in [3.63, 3.8) is 0 Å². The van der Waals surface area contributed by atoms with Crippen LogP contribution in [-0.4, -0.2) is 21.1 Å². The molecule has 124 valence electrons. The molecule has 3 nitrogen and oxygen atoms in total. The molecule has 4 heteroatoms. The lowest BCUT2D eigenvalue weighted by atomic mass is 9.76. The highest BCUT2D eigenvalue weighted by Crippen LogP contribution is 2.51. The van der Waals surface area contributed by atoms with Crippen molar-refractivity contribution in [3.8, 4) is 0 Å². The predicted octanol–water partition coefficient (Wildman–Crippen LogP) is 3.40. The van der Waals surface area contributed by atoms with Crippen molar-refractivity contribution in [2.75, 3.05) is 0 Å². The summed E-state index contributed by atoms with van der Waals surface area (Å²) >= 11 is 0. The Morgan fingerprint density at radius 2 is 1.20 bits per heavy atom. The standard InChI is InChI=1S/C21H19NO2Si/c23-20-22(25)21(17-12-6-2-7-13-17,18-14-8-3-9-15-18)19(24-20)16-10-4-1-5-11-16/h1-15,19H,25H3. The molecule has 4 rings (SSSR count). The van der Waals surface area contributed by atoms with Crippen molar-refractivity contribution in [2.45, 2.75) is 11.6 Å². The topological polar surface area (TPSA) is 29.5 Å². The van der Waals surface area contributed by atoms with E-state index in [1.807, 2.05) is 71.3 Å². The van der Waals surface area contributed by atoms with E-state index in [0.29, 0.717) is 10.4 Å². The minimum absolute atomic E-state index is 0.256. The molecule has 0 bridgehead atoms. The zero-order valence-corrected chi connectivity index (χ0v) is 16.0. The van der Waals surface area contributed by atoms with Crippen LogP contribution in [0.1, 0.15) is 22.8 Å². The van der Waals surface area contributed by atoms with E-state index in [-0.39, 0.29) is 12.2 Å². The monoisotopic (exact) mass is 345 g/mol. The number of carbonyl (C=O) groups excluding carboxylic acids is 1. The molecule has 0 saturated carbocycles. The Hall–Kier alpha value is -2.85. The molecule has 1 aliphatic rings. The number of amides is 1. The second-order valence-electron chi connectivity index (χ2n) is 6.23. The number of ether oxygens (including phenoxy) is 1. The van der Waals surface area contributed by atoms with Crippen LogP contribution < -0.4 is 0 Å². The summed E-state index contributed by atoms with van der Waals surface area (Å²) in [5.41, 5.74) is 2.49. The molecule has 1 heterocycles. The minimum Gasteiger partial charge on any atom is -0.438 e. The summed E-state index contributed by atoms with van der Waals surface area (Å²) in [4.78, 5) is 12.7. The van der Waals surface area contributed by atoms with Gasteiger partial charge in [-0.15, -0.1) is 0 Å². The second-order valence-corrected chi connectivity index (χ2v) is 7.13. The van der Waals surface area contributed by atoms with Crippen molar-refractivity contribution >= 4 is 16.5 Å². The van der Waals surface area contributed by atoms with E-state index in [1.54, 1.807) is 0 Å². The van der Waals surface area contributed by atoms with Gasteiger partial charge >= 0.3 is 6.09 Å². The SMILES string of the molecule is O=C1OC(c2ccccc2)C(c2ccccc2)(c2ccccc2)N1[SiH3]. The smallest absolute Gasteiger partial charge is 0.402 e. The maximum absolute atomic E-state index is 12.7. The third-order valence-corrected chi connectivity index (χ3v) is 6.00. The maximum Gasteiger partial charge on any atom is 0.402 e. The van der Waals surface area contributed by atoms with Crippen molar-refractivity contribution in [2.24, 2.45) is 0 Å². The summed E-state index contributed by atoms with van der Waals surface area (Å²) in [6.45, 7) is 0. The quantitative estimate of drug-likeness (QED) is 0.681. The number of hydrogen-bond acceptors (Lipinski definition) is 2. The van der Waals surface area contributed by atoms with Gasteiger partial charge < -0.3 is 9.30 Å². The molecule has 0 N–H and O–H groups in total. The largest absolute Gasteiger partial charge is 0.438 e. The van der Waals surface area contributed by atoms with Crippen molar-refractivity contribution in [3.05, 3.63) is 108 Å². The van der Waals surface area contributed by atoms with Gasteiger partial charge in [-0.1, -0.05) is 91.0 Å². The van der Waals surface area contributed by atoms with Gasteiger partial charge in [0.1, 0.15) is 15.9 Å². The lowest BCUT2D eigenvalue weighted by molar-refractivity contribution is 0.118. The molecule has 25 heavy (non-hydrogen) atoms. The number of hydrogen-bond donors (Lipinski definition) is 0. The van der Waals surface area contributed by atoms with E-state index in [9.17, 15) is 4.79 Å². The lowest BCUT2D eigenvalue weighted by Crippen LogP contribution is -2.45. The van der Waals surface area contributed by atoms with Crippen LogP contribution in [0.25, 0.3) is 0 Å². The number of nitrogens with zero attached hydrogens (tertiary/aromatic N) is 1. The molecule has 1 saturated heterocycles. The van der Waals surface area contributed by atoms with Crippen LogP contribution in [0.5, 0.6) is 0 Å². The Kier molecular flexibility index (Phi) is 3.90. The maximum atomic E-state index is 12.7. The van der Waals surface area contributed by atoms with Gasteiger partial charge in [0.15, 0.2) is 6.10 Å². The summed E-state index contributed by atoms with van der Waals surface area (Å²) in [7, 11) is 0.562. The first-order valence-electron chi connectivity index (χ1n) is 8.35. The lowest BCUT2D eigenvalue weighted by Gasteiger charge is -2.39. The summed E-state index contributed by atoms with van der Waals surface area (Å²) in [5, 5.41) is 0. The summed E-state index contributed by atoms with van der Waals surface area (Å²) in [5.74, 6) is 0. The molecule has 1 unspecified atom stereocenters. The molecule has 0 spiro atoms. The molecular weight excluding hydrogens is 326 g/mol. The van der Waals surface area contributed by atoms with Crippen LogP contribution >= 0.6 is 0 Å². The highest BCUT2D eigenvalue weighted by atomic mass is 28.2. The van der Waals surface area contributed by atoms with Gasteiger partial charge in [-0.25, -0.2) is 4.79 Å². The molecule has 0 radical (unpaired) electrons. The predicted molar refractivity (Wildman–Crippen MR) is 101 cm³/mol. The first kappa shape index (κ1) is 15.7. The van der Waals surface area contributed by atoms with Gasteiger partial charge in [0.25, 0.3) is 0 Å². The van der Waals surface area contributed by atoms with E-state index in [2.05, 4.69) is 24.3 Å². The third-order valence-electron chi connectivity index (χ3n) is 4.93. The minimum atomic E-state index is -0.646. The molecule has 0 aromatic heterocycles. The molecule has 3 aromatic carbocycles. The van der Waals surface area contributed by atoms with Crippen molar-refractivity contribution < 1.29 is 9.53 Å². The van der Waals surface area contributed by atoms with E-state index in [0.717, 1.165) is 16.7 Å². The zero-order chi connectivity index (χ0) is 17.3. The fourth-order valence-electron chi connectivity index (χ4n) is 3.76. The Labute approximate surface area is 150 Å². The zero-order valence-electron chi connectivity index (χ0n) is 14.0. The van der Waals surface area contributed by atoms with E-state index < -0.39 is 5.54 Å². The van der Waals surface area contributed by atoms with Crippen LogP contribution in [0.2, 0.25) is 0 Å². The number of cyclic esters (lactones) is 1. The summed E-state index contributed by atoms with van der Waals surface area (Å²) in [6.07, 6.45) is -0.642. The highest BCUT2D eigenvalue weighted by Gasteiger charge is 2.55. The third kappa shape index (κ3) is 2.37. The Morgan fingerprint density at radius 3 is 1.68 bits per heavy atom. The Balaban J connectivity index is 2.02. The molecule has 1 amide bonds. The van der Waals surface area contributed by atoms with E-state index in [4.69, 9.17) is 4.74 Å². The number of carbonyl (C=O) groups is 1. The van der Waals surface area contributed by atoms with E-state index in [1.165, 1.54) is 0 Å². The fraction of sp³-hybridized carbons (Fsp3) is 0.0952. The van der Waals surface area contributed by atoms with Gasteiger partial charge in [0.05, 0.1) is 0 Å². The summed E-state index contributed by atoms with van der Waals surface area (Å²) in [6, 6.07) is 30.4. The Bertz CT molecular complexity index is 829. The van der Waals surface area contributed by atoms with Crippen LogP contribution in [0.3, 0.4) is 0 Å². The number of rotatable bonds is 3. The number of benzene rings is 3. The molecular formula is C21H19NO2Si. The highest BCUT2D eigenvalue weighted by molar-refractivity contribution is 6.14. The second kappa shape index (κ2) is 6.22. The fourth-order valence-corrected chi connectivity index (χ4v) is 4.62. The van der Waals surface area contributed by atoms with Gasteiger partial charge in [-0.3, -0.25) is 0 Å². The van der Waals surface area contributed by atoms with Crippen LogP contribution in [-0.2, 0) is 10.3 Å². The molecule has 1 aliphatic heterocycles. The van der Waals surface area contributed by atoms with Gasteiger partial charge in [0.2, 0.25) is 0 Å². The van der Waals surface area contributed by atoms with E-state index >= 15 is 0 Å². The van der Waals surface area contributed by atoms with Crippen LogP contribution in [0, 0.1) is 0 Å². The van der Waals surface area contributed by atoms with Gasteiger partial charge in [-0.2, -0.15) is 0 Å². The van der Waals surface area contributed by atoms with Gasteiger partial charge in [-0.05, 0) is 16.7 Å². The average molecular weight is 345 g/mol. The van der Waals surface area contributed by atoms with Crippen molar-refractivity contribution in [1.82, 2.24) is 4.57 Å². The molecule has 1 atom stereocenters. The molecule has 1 fully saturated rings. The normalized spacial score (nSPS) is 19.0. The van der Waals surface area contributed by atoms with Crippen molar-refractivity contribution in [1.29, 1.82) is 0 Å². The average Bonchev–Trinajstić information content (AvgIpc) is 2.96.